The van der Waals surface area contributed by atoms with E-state index in [1.165, 1.54) is 12.1 Å². The molecule has 1 aromatic rings. The molecule has 0 aromatic heterocycles. The maximum atomic E-state index is 10.4. The van der Waals surface area contributed by atoms with Gasteiger partial charge in [0, 0.05) is 5.02 Å². The molecular weight excluding hydrogens is 184 g/mol. The minimum absolute atomic E-state index is 0.210. The summed E-state index contributed by atoms with van der Waals surface area (Å²) in [6, 6.07) is 6.14. The molecule has 5 heteroatoms. The molecule has 12 heavy (non-hydrogen) atoms. The second kappa shape index (κ2) is 3.94. The SMILES string of the molecule is O=C(OO)Oc1cccc(Cl)c1. The minimum atomic E-state index is -1.20. The van der Waals surface area contributed by atoms with E-state index >= 15 is 0 Å². The van der Waals surface area contributed by atoms with E-state index in [0.29, 0.717) is 5.02 Å². The molecule has 64 valence electrons. The quantitative estimate of drug-likeness (QED) is 0.318. The highest BCUT2D eigenvalue weighted by molar-refractivity contribution is 6.30. The average Bonchev–Trinajstić information content (AvgIpc) is 2.04. The van der Waals surface area contributed by atoms with Crippen molar-refractivity contribution in [2.24, 2.45) is 0 Å². The summed E-state index contributed by atoms with van der Waals surface area (Å²) in [6.45, 7) is 0. The molecule has 0 unspecified atom stereocenters. The van der Waals surface area contributed by atoms with Crippen LogP contribution in [0, 0.1) is 0 Å². The van der Waals surface area contributed by atoms with E-state index in [4.69, 9.17) is 16.9 Å². The first-order valence-electron chi connectivity index (χ1n) is 3.01. The van der Waals surface area contributed by atoms with Crippen molar-refractivity contribution in [1.29, 1.82) is 0 Å². The maximum absolute atomic E-state index is 10.4. The molecule has 0 radical (unpaired) electrons. The molecule has 0 bridgehead atoms. The van der Waals surface area contributed by atoms with Gasteiger partial charge in [-0.05, 0) is 18.2 Å². The van der Waals surface area contributed by atoms with Crippen LogP contribution in [0.15, 0.2) is 24.3 Å². The molecular formula is C7H5ClO4. The monoisotopic (exact) mass is 188 g/mol. The largest absolute Gasteiger partial charge is 0.545 e. The fourth-order valence-electron chi connectivity index (χ4n) is 0.645. The van der Waals surface area contributed by atoms with Gasteiger partial charge in [0.2, 0.25) is 0 Å². The molecule has 4 nitrogen and oxygen atoms in total. The standard InChI is InChI=1S/C7H5ClO4/c8-5-2-1-3-6(4-5)11-7(9)12-10/h1-4,10H. The van der Waals surface area contributed by atoms with E-state index in [-0.39, 0.29) is 5.75 Å². The third kappa shape index (κ3) is 2.41. The predicted octanol–water partition coefficient (Wildman–Crippen LogP) is 2.33. The van der Waals surface area contributed by atoms with Crippen molar-refractivity contribution in [2.45, 2.75) is 0 Å². The molecule has 0 heterocycles. The van der Waals surface area contributed by atoms with E-state index < -0.39 is 6.16 Å². The Balaban J connectivity index is 2.69. The highest BCUT2D eigenvalue weighted by Gasteiger charge is 2.04. The molecule has 0 aliphatic heterocycles. The van der Waals surface area contributed by atoms with Crippen LogP contribution in [0.5, 0.6) is 5.75 Å². The molecule has 0 amide bonds. The predicted molar refractivity (Wildman–Crippen MR) is 41.2 cm³/mol. The average molecular weight is 189 g/mol. The second-order valence-electron chi connectivity index (χ2n) is 1.90. The van der Waals surface area contributed by atoms with Crippen molar-refractivity contribution >= 4 is 17.8 Å². The Morgan fingerprint density at radius 1 is 1.50 bits per heavy atom. The number of rotatable bonds is 1. The topological polar surface area (TPSA) is 55.8 Å². The van der Waals surface area contributed by atoms with Crippen LogP contribution >= 0.6 is 11.6 Å². The number of ether oxygens (including phenoxy) is 1. The summed E-state index contributed by atoms with van der Waals surface area (Å²) in [7, 11) is 0. The zero-order valence-corrected chi connectivity index (χ0v) is 6.62. The summed E-state index contributed by atoms with van der Waals surface area (Å²) in [4.78, 5) is 13.6. The normalized spacial score (nSPS) is 9.17. The van der Waals surface area contributed by atoms with E-state index in [1.807, 2.05) is 0 Å². The molecule has 1 aromatic carbocycles. The Labute approximate surface area is 73.2 Å². The first kappa shape index (κ1) is 8.83. The van der Waals surface area contributed by atoms with Gasteiger partial charge in [0.05, 0.1) is 0 Å². The molecule has 0 spiro atoms. The summed E-state index contributed by atoms with van der Waals surface area (Å²) >= 11 is 5.58. The van der Waals surface area contributed by atoms with Gasteiger partial charge in [-0.1, -0.05) is 17.7 Å². The summed E-state index contributed by atoms with van der Waals surface area (Å²) in [5, 5.41) is 8.29. The van der Waals surface area contributed by atoms with E-state index in [2.05, 4.69) is 9.62 Å². The Kier molecular flexibility index (Phi) is 2.90. The number of hydrogen-bond donors (Lipinski definition) is 1. The third-order valence-electron chi connectivity index (χ3n) is 1.07. The first-order valence-corrected chi connectivity index (χ1v) is 3.39. The molecule has 1 N–H and O–H groups in total. The van der Waals surface area contributed by atoms with Crippen LogP contribution in [0.25, 0.3) is 0 Å². The fraction of sp³-hybridized carbons (Fsp3) is 0. The number of halogens is 1. The fourth-order valence-corrected chi connectivity index (χ4v) is 0.826. The van der Waals surface area contributed by atoms with Gasteiger partial charge in [0.25, 0.3) is 0 Å². The second-order valence-corrected chi connectivity index (χ2v) is 2.34. The van der Waals surface area contributed by atoms with Crippen LogP contribution in [-0.2, 0) is 4.89 Å². The highest BCUT2D eigenvalue weighted by atomic mass is 35.5. The zero-order valence-electron chi connectivity index (χ0n) is 5.86. The number of benzene rings is 1. The molecule has 0 aliphatic rings. The summed E-state index contributed by atoms with van der Waals surface area (Å²) in [6.07, 6.45) is -1.20. The first-order chi connectivity index (χ1) is 5.72. The Morgan fingerprint density at radius 3 is 2.83 bits per heavy atom. The van der Waals surface area contributed by atoms with Gasteiger partial charge in [0.1, 0.15) is 5.75 Å². The van der Waals surface area contributed by atoms with E-state index in [0.717, 1.165) is 0 Å². The third-order valence-corrected chi connectivity index (χ3v) is 1.31. The van der Waals surface area contributed by atoms with Gasteiger partial charge < -0.3 is 4.74 Å². The summed E-state index contributed by atoms with van der Waals surface area (Å²) in [5.41, 5.74) is 0. The van der Waals surface area contributed by atoms with Gasteiger partial charge in [-0.2, -0.15) is 5.26 Å². The number of carbonyl (C=O) groups excluding carboxylic acids is 1. The molecule has 0 aliphatic carbocycles. The number of carbonyl (C=O) groups is 1. The Hall–Kier alpha value is -1.26. The van der Waals surface area contributed by atoms with E-state index in [9.17, 15) is 4.79 Å². The van der Waals surface area contributed by atoms with Gasteiger partial charge in [-0.25, -0.2) is 4.79 Å². The van der Waals surface area contributed by atoms with Crippen molar-refractivity contribution in [3.63, 3.8) is 0 Å². The molecule has 0 fully saturated rings. The lowest BCUT2D eigenvalue weighted by Gasteiger charge is -1.99. The molecule has 0 saturated heterocycles. The zero-order chi connectivity index (χ0) is 8.97. The lowest BCUT2D eigenvalue weighted by molar-refractivity contribution is -0.191. The van der Waals surface area contributed by atoms with Crippen LogP contribution in [0.3, 0.4) is 0 Å². The molecule has 0 saturated carbocycles. The lowest BCUT2D eigenvalue weighted by atomic mass is 10.3. The van der Waals surface area contributed by atoms with Crippen molar-refractivity contribution < 1.29 is 19.7 Å². The lowest BCUT2D eigenvalue weighted by Crippen LogP contribution is -2.07. The van der Waals surface area contributed by atoms with Crippen molar-refractivity contribution in [3.05, 3.63) is 29.3 Å². The maximum Gasteiger partial charge on any atom is 0.545 e. The van der Waals surface area contributed by atoms with Crippen LogP contribution in [0.2, 0.25) is 5.02 Å². The van der Waals surface area contributed by atoms with Crippen LogP contribution < -0.4 is 4.74 Å². The van der Waals surface area contributed by atoms with E-state index in [1.54, 1.807) is 12.1 Å². The van der Waals surface area contributed by atoms with Crippen LogP contribution in [0.4, 0.5) is 4.79 Å². The van der Waals surface area contributed by atoms with Crippen molar-refractivity contribution in [1.82, 2.24) is 0 Å². The van der Waals surface area contributed by atoms with Crippen molar-refractivity contribution in [2.75, 3.05) is 0 Å². The minimum Gasteiger partial charge on any atom is -0.393 e. The van der Waals surface area contributed by atoms with Crippen LogP contribution in [-0.4, -0.2) is 11.4 Å². The van der Waals surface area contributed by atoms with Crippen molar-refractivity contribution in [3.8, 4) is 5.75 Å². The Bertz CT molecular complexity index is 286. The Morgan fingerprint density at radius 2 is 2.25 bits per heavy atom. The van der Waals surface area contributed by atoms with Gasteiger partial charge in [0.15, 0.2) is 0 Å². The molecule has 0 atom stereocenters. The number of hydrogen-bond acceptors (Lipinski definition) is 4. The highest BCUT2D eigenvalue weighted by Crippen LogP contribution is 2.17. The van der Waals surface area contributed by atoms with Gasteiger partial charge >= 0.3 is 6.16 Å². The van der Waals surface area contributed by atoms with Crippen LogP contribution in [0.1, 0.15) is 0 Å². The smallest absolute Gasteiger partial charge is 0.393 e. The summed E-state index contributed by atoms with van der Waals surface area (Å²) in [5.74, 6) is 0.210. The van der Waals surface area contributed by atoms with Gasteiger partial charge in [-0.15, -0.1) is 0 Å². The summed E-state index contributed by atoms with van der Waals surface area (Å²) < 4.78 is 4.45. The molecule has 1 rings (SSSR count). The van der Waals surface area contributed by atoms with Gasteiger partial charge in [-0.3, -0.25) is 4.89 Å².